The first-order valence-corrected chi connectivity index (χ1v) is 6.56. The fourth-order valence-electron chi connectivity index (χ4n) is 2.01. The number of benzene rings is 1. The molecule has 0 fully saturated rings. The summed E-state index contributed by atoms with van der Waals surface area (Å²) < 4.78 is 2.68. The van der Waals surface area contributed by atoms with Gasteiger partial charge in [-0.05, 0) is 35.3 Å². The Bertz CT molecular complexity index is 602. The lowest BCUT2D eigenvalue weighted by atomic mass is 10.0. The number of rotatable bonds is 3. The molecule has 1 heterocycles. The molecule has 4 heteroatoms. The number of hydrogen-bond donors (Lipinski definition) is 0. The van der Waals surface area contributed by atoms with Crippen molar-refractivity contribution in [2.75, 3.05) is 0 Å². The molecule has 18 heavy (non-hydrogen) atoms. The van der Waals surface area contributed by atoms with Crippen LogP contribution in [0.25, 0.3) is 0 Å². The van der Waals surface area contributed by atoms with Gasteiger partial charge in [-0.15, -0.1) is 0 Å². The molecule has 0 aliphatic rings. The number of carbonyl (C=O) groups excluding carboxylic acids is 1. The molecule has 0 saturated carbocycles. The average molecular weight is 307 g/mol. The summed E-state index contributed by atoms with van der Waals surface area (Å²) in [5.41, 5.74) is 3.62. The molecule has 0 amide bonds. The van der Waals surface area contributed by atoms with Crippen LogP contribution in [-0.4, -0.2) is 15.6 Å². The first kappa shape index (κ1) is 13.0. The zero-order valence-corrected chi connectivity index (χ0v) is 12.3. The Kier molecular flexibility index (Phi) is 3.66. The Morgan fingerprint density at radius 3 is 2.56 bits per heavy atom. The van der Waals surface area contributed by atoms with Gasteiger partial charge in [-0.2, -0.15) is 5.10 Å². The van der Waals surface area contributed by atoms with Crippen molar-refractivity contribution < 1.29 is 4.79 Å². The van der Waals surface area contributed by atoms with Crippen LogP contribution in [0, 0.1) is 13.8 Å². The number of Topliss-reactive ketones (excluding diaryl/α,β-unsaturated/α-hetero) is 1. The third-order valence-corrected chi connectivity index (χ3v) is 4.07. The fourth-order valence-corrected chi connectivity index (χ4v) is 2.48. The highest BCUT2D eigenvalue weighted by molar-refractivity contribution is 9.10. The van der Waals surface area contributed by atoms with E-state index in [1.54, 1.807) is 4.68 Å². The Morgan fingerprint density at radius 2 is 2.00 bits per heavy atom. The van der Waals surface area contributed by atoms with E-state index in [1.165, 1.54) is 0 Å². The number of ketones is 1. The quantitative estimate of drug-likeness (QED) is 0.816. The van der Waals surface area contributed by atoms with Gasteiger partial charge in [0.2, 0.25) is 0 Å². The standard InChI is InChI=1S/C14H15BrN2O/c1-9-6-4-5-7-11(9)13(18)8-12-14(15)10(2)16-17(12)3/h4-7H,8H2,1-3H3. The lowest BCUT2D eigenvalue weighted by Crippen LogP contribution is -2.09. The molecule has 2 rings (SSSR count). The monoisotopic (exact) mass is 306 g/mol. The lowest BCUT2D eigenvalue weighted by molar-refractivity contribution is 0.0990. The topological polar surface area (TPSA) is 34.9 Å². The van der Waals surface area contributed by atoms with Gasteiger partial charge < -0.3 is 0 Å². The molecule has 0 N–H and O–H groups in total. The van der Waals surface area contributed by atoms with Crippen LogP contribution in [-0.2, 0) is 13.5 Å². The summed E-state index contributed by atoms with van der Waals surface area (Å²) in [6, 6.07) is 7.66. The van der Waals surface area contributed by atoms with Crippen LogP contribution in [0.5, 0.6) is 0 Å². The van der Waals surface area contributed by atoms with Gasteiger partial charge in [-0.25, -0.2) is 0 Å². The minimum absolute atomic E-state index is 0.122. The maximum atomic E-state index is 12.3. The summed E-state index contributed by atoms with van der Waals surface area (Å²) in [7, 11) is 1.86. The molecule has 0 bridgehead atoms. The Hall–Kier alpha value is -1.42. The van der Waals surface area contributed by atoms with Crippen LogP contribution in [0.3, 0.4) is 0 Å². The summed E-state index contributed by atoms with van der Waals surface area (Å²) in [4.78, 5) is 12.3. The molecule has 0 aliphatic heterocycles. The molecule has 0 spiro atoms. The average Bonchev–Trinajstić information content (AvgIpc) is 2.56. The fraction of sp³-hybridized carbons (Fsp3) is 0.286. The molecule has 94 valence electrons. The summed E-state index contributed by atoms with van der Waals surface area (Å²) in [6.07, 6.45) is 0.364. The maximum Gasteiger partial charge on any atom is 0.169 e. The van der Waals surface area contributed by atoms with Crippen molar-refractivity contribution in [2.24, 2.45) is 7.05 Å². The van der Waals surface area contributed by atoms with Crippen molar-refractivity contribution in [3.8, 4) is 0 Å². The van der Waals surface area contributed by atoms with Gasteiger partial charge >= 0.3 is 0 Å². The molecule has 0 unspecified atom stereocenters. The van der Waals surface area contributed by atoms with E-state index in [-0.39, 0.29) is 5.78 Å². The van der Waals surface area contributed by atoms with Crippen molar-refractivity contribution in [3.63, 3.8) is 0 Å². The first-order valence-electron chi connectivity index (χ1n) is 5.77. The maximum absolute atomic E-state index is 12.3. The summed E-state index contributed by atoms with van der Waals surface area (Å²) in [5, 5.41) is 4.30. The van der Waals surface area contributed by atoms with E-state index in [0.717, 1.165) is 27.0 Å². The summed E-state index contributed by atoms with van der Waals surface area (Å²) >= 11 is 3.49. The number of hydrogen-bond acceptors (Lipinski definition) is 2. The second-order valence-electron chi connectivity index (χ2n) is 4.38. The molecule has 3 nitrogen and oxygen atoms in total. The predicted octanol–water partition coefficient (Wildman–Crippen LogP) is 3.22. The van der Waals surface area contributed by atoms with Gasteiger partial charge in [-0.1, -0.05) is 24.3 Å². The molecular weight excluding hydrogens is 292 g/mol. The number of halogens is 1. The first-order chi connectivity index (χ1) is 8.50. The molecular formula is C14H15BrN2O. The van der Waals surface area contributed by atoms with E-state index in [4.69, 9.17) is 0 Å². The van der Waals surface area contributed by atoms with Crippen molar-refractivity contribution >= 4 is 21.7 Å². The van der Waals surface area contributed by atoms with E-state index >= 15 is 0 Å². The van der Waals surface area contributed by atoms with Crippen LogP contribution < -0.4 is 0 Å². The highest BCUT2D eigenvalue weighted by atomic mass is 79.9. The van der Waals surface area contributed by atoms with Gasteiger partial charge in [-0.3, -0.25) is 9.48 Å². The molecule has 0 saturated heterocycles. The van der Waals surface area contributed by atoms with Crippen LogP contribution in [0.4, 0.5) is 0 Å². The third-order valence-electron chi connectivity index (χ3n) is 3.04. The number of aromatic nitrogens is 2. The Morgan fingerprint density at radius 1 is 1.33 bits per heavy atom. The van der Waals surface area contributed by atoms with Crippen molar-refractivity contribution in [1.29, 1.82) is 0 Å². The molecule has 1 aromatic heterocycles. The van der Waals surface area contributed by atoms with Crippen LogP contribution in [0.15, 0.2) is 28.7 Å². The van der Waals surface area contributed by atoms with Crippen molar-refractivity contribution in [1.82, 2.24) is 9.78 Å². The SMILES string of the molecule is Cc1ccccc1C(=O)Cc1c(Br)c(C)nn1C. The van der Waals surface area contributed by atoms with E-state index in [0.29, 0.717) is 6.42 Å². The van der Waals surface area contributed by atoms with E-state index in [1.807, 2.05) is 45.2 Å². The third kappa shape index (κ3) is 2.38. The largest absolute Gasteiger partial charge is 0.294 e. The van der Waals surface area contributed by atoms with Gasteiger partial charge in [0.1, 0.15) is 0 Å². The zero-order chi connectivity index (χ0) is 13.3. The molecule has 0 aliphatic carbocycles. The van der Waals surface area contributed by atoms with E-state index in [2.05, 4.69) is 21.0 Å². The molecule has 1 aromatic carbocycles. The second kappa shape index (κ2) is 5.06. The lowest BCUT2D eigenvalue weighted by Gasteiger charge is -2.05. The summed E-state index contributed by atoms with van der Waals surface area (Å²) in [6.45, 7) is 3.88. The number of nitrogens with zero attached hydrogens (tertiary/aromatic N) is 2. The van der Waals surface area contributed by atoms with E-state index in [9.17, 15) is 4.79 Å². The van der Waals surface area contributed by atoms with E-state index < -0.39 is 0 Å². The minimum atomic E-state index is 0.122. The molecule has 0 radical (unpaired) electrons. The Balaban J connectivity index is 2.30. The predicted molar refractivity (Wildman–Crippen MR) is 74.9 cm³/mol. The van der Waals surface area contributed by atoms with Gasteiger partial charge in [0.05, 0.1) is 22.3 Å². The smallest absolute Gasteiger partial charge is 0.169 e. The van der Waals surface area contributed by atoms with Gasteiger partial charge in [0.25, 0.3) is 0 Å². The highest BCUT2D eigenvalue weighted by Crippen LogP contribution is 2.22. The summed E-state index contributed by atoms with van der Waals surface area (Å²) in [5.74, 6) is 0.122. The van der Waals surface area contributed by atoms with Gasteiger partial charge in [0.15, 0.2) is 5.78 Å². The zero-order valence-electron chi connectivity index (χ0n) is 10.7. The molecule has 2 aromatic rings. The van der Waals surface area contributed by atoms with Crippen LogP contribution >= 0.6 is 15.9 Å². The normalized spacial score (nSPS) is 10.7. The number of carbonyl (C=O) groups is 1. The minimum Gasteiger partial charge on any atom is -0.294 e. The number of aryl methyl sites for hydroxylation is 3. The van der Waals surface area contributed by atoms with Crippen LogP contribution in [0.2, 0.25) is 0 Å². The Labute approximate surface area is 115 Å². The van der Waals surface area contributed by atoms with Crippen molar-refractivity contribution in [3.05, 3.63) is 51.3 Å². The second-order valence-corrected chi connectivity index (χ2v) is 5.18. The highest BCUT2D eigenvalue weighted by Gasteiger charge is 2.16. The van der Waals surface area contributed by atoms with Crippen molar-refractivity contribution in [2.45, 2.75) is 20.3 Å². The molecule has 0 atom stereocenters. The van der Waals surface area contributed by atoms with Gasteiger partial charge in [0, 0.05) is 12.6 Å². The van der Waals surface area contributed by atoms with Crippen LogP contribution in [0.1, 0.15) is 27.3 Å².